The largest absolute Gasteiger partial charge is 0.480 e. The first-order valence-corrected chi connectivity index (χ1v) is 1.55. The summed E-state index contributed by atoms with van der Waals surface area (Å²) in [6, 6.07) is -1.05. The molecule has 0 aliphatic heterocycles. The molecule has 0 aromatic heterocycles. The van der Waals surface area contributed by atoms with E-state index in [4.69, 9.17) is 7.93 Å². The van der Waals surface area contributed by atoms with E-state index < -0.39 is 12.0 Å². The second-order valence-corrected chi connectivity index (χ2v) is 1.01. The van der Waals surface area contributed by atoms with E-state index in [9.17, 15) is 4.79 Å². The van der Waals surface area contributed by atoms with E-state index in [-0.39, 0.29) is 5.72 Å². The summed E-state index contributed by atoms with van der Waals surface area (Å²) in [7, 11) is 0. The lowest BCUT2D eigenvalue weighted by Gasteiger charge is -1.90. The molecule has 0 amide bonds. The maximum atomic E-state index is 9.86. The molecular weight excluding hydrogens is 83.0 g/mol. The van der Waals surface area contributed by atoms with Crippen LogP contribution in [0.4, 0.5) is 0 Å². The van der Waals surface area contributed by atoms with Gasteiger partial charge in [0.2, 0.25) is 0 Å². The number of carbonyl (C=O) groups is 1. The van der Waals surface area contributed by atoms with E-state index in [1.807, 2.05) is 0 Å². The quantitative estimate of drug-likeness (QED) is 0.448. The van der Waals surface area contributed by atoms with Gasteiger partial charge in [-0.25, -0.2) is 0 Å². The Labute approximate surface area is 38.7 Å². The lowest BCUT2D eigenvalue weighted by molar-refractivity contribution is -0.138. The zero-order chi connectivity index (χ0) is 6.73. The minimum atomic E-state index is -1.16. The third kappa shape index (κ3) is 1.72. The van der Waals surface area contributed by atoms with Crippen molar-refractivity contribution in [3.8, 4) is 0 Å². The molecule has 0 rings (SSSR count). The molecule has 0 unspecified atom stereocenters. The maximum Gasteiger partial charge on any atom is 0.320 e. The molecular formula is C3H7NO2. The minimum Gasteiger partial charge on any atom is -0.480 e. The Morgan fingerprint density at radius 2 is 2.83 bits per heavy atom. The van der Waals surface area contributed by atoms with E-state index in [2.05, 4.69) is 0 Å². The van der Waals surface area contributed by atoms with E-state index in [1.165, 1.54) is 6.92 Å². The van der Waals surface area contributed by atoms with Crippen LogP contribution in [-0.4, -0.2) is 17.1 Å². The minimum absolute atomic E-state index is 0.141. The molecule has 0 aliphatic rings. The van der Waals surface area contributed by atoms with Crippen molar-refractivity contribution in [3.05, 3.63) is 0 Å². The van der Waals surface area contributed by atoms with Crippen LogP contribution in [0, 0.1) is 0 Å². The number of hydrogen-bond donors (Lipinski definition) is 2. The van der Waals surface area contributed by atoms with Crippen LogP contribution >= 0.6 is 0 Å². The van der Waals surface area contributed by atoms with Gasteiger partial charge < -0.3 is 10.8 Å². The van der Waals surface area contributed by atoms with Gasteiger partial charge in [0.05, 0.1) is 0 Å². The highest BCUT2D eigenvalue weighted by atomic mass is 16.4. The van der Waals surface area contributed by atoms with Crippen molar-refractivity contribution in [2.45, 2.75) is 13.0 Å². The molecule has 0 aromatic rings. The van der Waals surface area contributed by atoms with Crippen molar-refractivity contribution < 1.29 is 12.7 Å². The van der Waals surface area contributed by atoms with Gasteiger partial charge in [-0.3, -0.25) is 4.79 Å². The summed E-state index contributed by atoms with van der Waals surface area (Å²) < 4.78 is 12.9. The molecule has 0 radical (unpaired) electrons. The zero-order valence-corrected chi connectivity index (χ0v) is 3.38. The summed E-state index contributed by atoms with van der Waals surface area (Å²) in [5.41, 5.74) is 0.141. The summed E-state index contributed by atoms with van der Waals surface area (Å²) in [4.78, 5) is 9.86. The third-order valence-corrected chi connectivity index (χ3v) is 0.357. The molecule has 3 heteroatoms. The van der Waals surface area contributed by atoms with E-state index in [0.717, 1.165) is 0 Å². The van der Waals surface area contributed by atoms with Gasteiger partial charge in [0.1, 0.15) is 8.87 Å². The van der Waals surface area contributed by atoms with E-state index in [0.29, 0.717) is 0 Å². The molecule has 6 heavy (non-hydrogen) atoms. The Kier molecular flexibility index (Phi) is 0.759. The van der Waals surface area contributed by atoms with Crippen LogP contribution in [0.2, 0.25) is 2.82 Å². The van der Waals surface area contributed by atoms with Crippen LogP contribution in [0.3, 0.4) is 0 Å². The van der Waals surface area contributed by atoms with Crippen molar-refractivity contribution in [1.29, 1.82) is 0 Å². The normalized spacial score (nSPS) is 19.0. The smallest absolute Gasteiger partial charge is 0.320 e. The van der Waals surface area contributed by atoms with Gasteiger partial charge in [-0.15, -0.1) is 0 Å². The fourth-order valence-electron chi connectivity index (χ4n) is 0. The maximum absolute atomic E-state index is 9.86. The lowest BCUT2D eigenvalue weighted by Crippen LogP contribution is -2.25. The van der Waals surface area contributed by atoms with Crippen molar-refractivity contribution in [3.63, 3.8) is 0 Å². The molecule has 3 N–H and O–H groups in total. The predicted octanol–water partition coefficient (Wildman–Crippen LogP) is -0.582. The van der Waals surface area contributed by atoms with Crippen LogP contribution in [0.5, 0.6) is 0 Å². The zero-order valence-electron chi connectivity index (χ0n) is 5.38. The molecule has 0 heterocycles. The highest BCUT2D eigenvalue weighted by Crippen LogP contribution is 1.68. The molecule has 0 bridgehead atoms. The van der Waals surface area contributed by atoms with Gasteiger partial charge in [0, 0.05) is 0 Å². The predicted molar refractivity (Wildman–Crippen MR) is 21.3 cm³/mol. The van der Waals surface area contributed by atoms with Crippen LogP contribution in [0.25, 0.3) is 0 Å². The van der Waals surface area contributed by atoms with Crippen molar-refractivity contribution in [2.75, 3.05) is 0 Å². The summed E-state index contributed by atoms with van der Waals surface area (Å²) in [5, 5.41) is 8.07. The Morgan fingerprint density at radius 3 is 2.83 bits per heavy atom. The van der Waals surface area contributed by atoms with Crippen LogP contribution in [0.15, 0.2) is 0 Å². The summed E-state index contributed by atoms with van der Waals surface area (Å²) in [5.74, 6) is -1.16. The fraction of sp³-hybridized carbons (Fsp3) is 0.667. The topological polar surface area (TPSA) is 63.3 Å². The molecule has 0 aromatic carbocycles. The first-order chi connectivity index (χ1) is 3.55. The van der Waals surface area contributed by atoms with Crippen LogP contribution in [-0.2, 0) is 4.79 Å². The van der Waals surface area contributed by atoms with Crippen molar-refractivity contribution in [1.82, 2.24) is 0 Å². The molecule has 36 valence electrons. The van der Waals surface area contributed by atoms with Gasteiger partial charge in [-0.1, -0.05) is 0 Å². The summed E-state index contributed by atoms with van der Waals surface area (Å²) in [6.07, 6.45) is 0. The SMILES string of the molecule is [2H][15N]([2H])[C@@H](C)C(=O)O. The van der Waals surface area contributed by atoms with Crippen LogP contribution < -0.4 is 5.72 Å². The average molecular weight is 92.1 g/mol. The molecule has 0 fully saturated rings. The van der Waals surface area contributed by atoms with Gasteiger partial charge in [-0.05, 0) is 6.92 Å². The number of nitrogens with two attached hydrogens (primary N) is 1. The molecule has 0 aliphatic carbocycles. The molecule has 0 saturated heterocycles. The van der Waals surface area contributed by atoms with Gasteiger partial charge in [0.15, 0.2) is 0 Å². The number of carboxylic acid groups (broad SMARTS) is 1. The second-order valence-electron chi connectivity index (χ2n) is 1.01. The van der Waals surface area contributed by atoms with Crippen molar-refractivity contribution >= 4 is 5.97 Å². The standard InChI is InChI=1S/C3H7NO2/c1-2(4)3(5)6/h2H,4H2,1H3,(H,5,6)/t2-/m0/s1/i4+1/hD2. The summed E-state index contributed by atoms with van der Waals surface area (Å²) in [6.45, 7) is 1.27. The fourth-order valence-corrected chi connectivity index (χ4v) is 0. The average Bonchev–Trinajstić information content (AvgIpc) is 1.64. The van der Waals surface area contributed by atoms with E-state index >= 15 is 0 Å². The first-order valence-electron chi connectivity index (χ1n) is 2.45. The third-order valence-electron chi connectivity index (χ3n) is 0.357. The second kappa shape index (κ2) is 1.77. The number of hydrogen-bond acceptors (Lipinski definition) is 2. The summed E-state index contributed by atoms with van der Waals surface area (Å²) >= 11 is 0. The number of aliphatic carboxylic acids is 1. The molecule has 1 atom stereocenters. The van der Waals surface area contributed by atoms with Crippen LogP contribution in [0.1, 0.15) is 6.92 Å². The van der Waals surface area contributed by atoms with Gasteiger partial charge >= 0.3 is 5.97 Å². The Bertz CT molecular complexity index is 95.3. The Hall–Kier alpha value is -0.570. The molecule has 3 nitrogen and oxygen atoms in total. The van der Waals surface area contributed by atoms with Gasteiger partial charge in [-0.2, -0.15) is 0 Å². The lowest BCUT2D eigenvalue weighted by atomic mass is 10.4. The van der Waals surface area contributed by atoms with Gasteiger partial charge in [0.25, 0.3) is 0 Å². The number of rotatable bonds is 2. The van der Waals surface area contributed by atoms with E-state index in [1.54, 1.807) is 0 Å². The Morgan fingerprint density at radius 1 is 2.33 bits per heavy atom. The highest BCUT2D eigenvalue weighted by Gasteiger charge is 1.99. The Balaban J connectivity index is 3.64. The number of carboxylic acids is 1. The monoisotopic (exact) mass is 92.1 g/mol. The molecule has 0 saturated carbocycles. The highest BCUT2D eigenvalue weighted by molar-refractivity contribution is 5.72. The first kappa shape index (κ1) is 2.58. The molecule has 0 spiro atoms. The van der Waals surface area contributed by atoms with Crippen molar-refractivity contribution in [2.24, 2.45) is 5.72 Å².